The number of carbonyl (C=O) groups excluding carboxylic acids is 2. The van der Waals surface area contributed by atoms with E-state index in [0.717, 1.165) is 22.7 Å². The van der Waals surface area contributed by atoms with Crippen LogP contribution in [0.1, 0.15) is 34.8 Å². The van der Waals surface area contributed by atoms with Gasteiger partial charge in [-0.1, -0.05) is 6.92 Å². The van der Waals surface area contributed by atoms with E-state index < -0.39 is 0 Å². The van der Waals surface area contributed by atoms with Gasteiger partial charge in [-0.2, -0.15) is 0 Å². The molecule has 0 radical (unpaired) electrons. The second-order valence-corrected chi connectivity index (χ2v) is 5.44. The van der Waals surface area contributed by atoms with E-state index in [1.165, 1.54) is 11.3 Å². The number of hydrogen-bond acceptors (Lipinski definition) is 3. The molecule has 1 aliphatic heterocycles. The van der Waals surface area contributed by atoms with Crippen molar-refractivity contribution in [1.29, 1.82) is 0 Å². The topological polar surface area (TPSA) is 37.4 Å². The summed E-state index contributed by atoms with van der Waals surface area (Å²) in [7, 11) is 0. The first-order valence-corrected chi connectivity index (χ1v) is 6.28. The minimum Gasteiger partial charge on any atom is -0.337 e. The van der Waals surface area contributed by atoms with Gasteiger partial charge in [-0.15, -0.1) is 11.3 Å². The maximum Gasteiger partial charge on any atom is 0.225 e. The molecule has 2 rings (SSSR count). The van der Waals surface area contributed by atoms with E-state index in [-0.39, 0.29) is 17.6 Å². The molecule has 86 valence electrons. The molecule has 16 heavy (non-hydrogen) atoms. The Morgan fingerprint density at radius 2 is 2.31 bits per heavy atom. The summed E-state index contributed by atoms with van der Waals surface area (Å²) in [4.78, 5) is 26.6. The normalized spacial score (nSPS) is 20.5. The van der Waals surface area contributed by atoms with Gasteiger partial charge in [0.05, 0.1) is 11.4 Å². The van der Waals surface area contributed by atoms with Gasteiger partial charge in [-0.3, -0.25) is 9.59 Å². The van der Waals surface area contributed by atoms with Crippen molar-refractivity contribution in [3.8, 4) is 0 Å². The molecule has 0 spiro atoms. The highest BCUT2D eigenvalue weighted by Gasteiger charge is 2.27. The van der Waals surface area contributed by atoms with Crippen LogP contribution in [0.4, 0.5) is 0 Å². The van der Waals surface area contributed by atoms with Gasteiger partial charge >= 0.3 is 0 Å². The Hall–Kier alpha value is -1.16. The largest absolute Gasteiger partial charge is 0.337 e. The summed E-state index contributed by atoms with van der Waals surface area (Å²) >= 11 is 1.49. The monoisotopic (exact) mass is 237 g/mol. The highest BCUT2D eigenvalue weighted by molar-refractivity contribution is 7.14. The predicted molar refractivity (Wildman–Crippen MR) is 63.5 cm³/mol. The number of amides is 1. The van der Waals surface area contributed by atoms with Crippen LogP contribution >= 0.6 is 11.3 Å². The lowest BCUT2D eigenvalue weighted by atomic mass is 10.1. The van der Waals surface area contributed by atoms with Gasteiger partial charge in [-0.05, 0) is 25.5 Å². The lowest BCUT2D eigenvalue weighted by Gasteiger charge is -2.14. The number of carbonyl (C=O) groups is 2. The van der Waals surface area contributed by atoms with Crippen LogP contribution in [0.3, 0.4) is 0 Å². The predicted octanol–water partition coefficient (Wildman–Crippen LogP) is 2.32. The number of Topliss-reactive ketones (excluding diaryl/α,β-unsaturated/α-hetero) is 1. The van der Waals surface area contributed by atoms with Gasteiger partial charge in [0.1, 0.15) is 0 Å². The smallest absolute Gasteiger partial charge is 0.225 e. The Morgan fingerprint density at radius 3 is 2.81 bits per heavy atom. The molecular formula is C12H15NO2S. The first kappa shape index (κ1) is 11.3. The maximum absolute atomic E-state index is 11.7. The Kier molecular flexibility index (Phi) is 3.10. The minimum atomic E-state index is 0.0948. The Morgan fingerprint density at radius 1 is 1.56 bits per heavy atom. The fraction of sp³-hybridized carbons (Fsp3) is 0.500. The van der Waals surface area contributed by atoms with Crippen LogP contribution in [0.15, 0.2) is 12.1 Å². The highest BCUT2D eigenvalue weighted by atomic mass is 32.1. The van der Waals surface area contributed by atoms with Crippen LogP contribution in [-0.2, 0) is 11.3 Å². The molecule has 1 amide bonds. The first-order chi connectivity index (χ1) is 7.58. The molecular weight excluding hydrogens is 222 g/mol. The zero-order valence-corrected chi connectivity index (χ0v) is 10.3. The summed E-state index contributed by atoms with van der Waals surface area (Å²) < 4.78 is 0. The quantitative estimate of drug-likeness (QED) is 0.757. The SMILES string of the molecule is CC(=O)c1ccc(CN2CCC(C)C2=O)s1. The molecule has 1 fully saturated rings. The molecule has 2 heterocycles. The van der Waals surface area contributed by atoms with Gasteiger partial charge in [0, 0.05) is 17.3 Å². The third kappa shape index (κ3) is 2.16. The van der Waals surface area contributed by atoms with E-state index >= 15 is 0 Å². The van der Waals surface area contributed by atoms with Gasteiger partial charge in [0.15, 0.2) is 5.78 Å². The number of thiophene rings is 1. The molecule has 0 aliphatic carbocycles. The number of hydrogen-bond donors (Lipinski definition) is 0. The van der Waals surface area contributed by atoms with Gasteiger partial charge in [-0.25, -0.2) is 0 Å². The van der Waals surface area contributed by atoms with Crippen molar-refractivity contribution < 1.29 is 9.59 Å². The Bertz CT molecular complexity index is 424. The second kappa shape index (κ2) is 4.37. The van der Waals surface area contributed by atoms with Crippen LogP contribution < -0.4 is 0 Å². The summed E-state index contributed by atoms with van der Waals surface area (Å²) in [6.45, 7) is 5.03. The minimum absolute atomic E-state index is 0.0948. The second-order valence-electron chi connectivity index (χ2n) is 4.27. The van der Waals surface area contributed by atoms with E-state index in [1.807, 2.05) is 24.0 Å². The zero-order valence-electron chi connectivity index (χ0n) is 9.53. The van der Waals surface area contributed by atoms with Crippen LogP contribution in [0.2, 0.25) is 0 Å². The maximum atomic E-state index is 11.7. The summed E-state index contributed by atoms with van der Waals surface area (Å²) in [5.41, 5.74) is 0. The van der Waals surface area contributed by atoms with Gasteiger partial charge < -0.3 is 4.90 Å². The molecule has 1 aliphatic rings. The Balaban J connectivity index is 2.04. The summed E-state index contributed by atoms with van der Waals surface area (Å²) in [5.74, 6) is 0.488. The lowest BCUT2D eigenvalue weighted by molar-refractivity contribution is -0.130. The van der Waals surface area contributed by atoms with Crippen molar-refractivity contribution in [2.24, 2.45) is 5.92 Å². The summed E-state index contributed by atoms with van der Waals surface area (Å²) in [6, 6.07) is 3.78. The number of nitrogens with zero attached hydrogens (tertiary/aromatic N) is 1. The van der Waals surface area contributed by atoms with E-state index in [4.69, 9.17) is 0 Å². The fourth-order valence-corrected chi connectivity index (χ4v) is 2.81. The van der Waals surface area contributed by atoms with Crippen LogP contribution in [0.25, 0.3) is 0 Å². The van der Waals surface area contributed by atoms with Crippen LogP contribution in [0, 0.1) is 5.92 Å². The molecule has 1 unspecified atom stereocenters. The van der Waals surface area contributed by atoms with Crippen molar-refractivity contribution in [3.63, 3.8) is 0 Å². The highest BCUT2D eigenvalue weighted by Crippen LogP contribution is 2.23. The molecule has 3 nitrogen and oxygen atoms in total. The molecule has 0 saturated carbocycles. The van der Waals surface area contributed by atoms with Crippen LogP contribution in [0.5, 0.6) is 0 Å². The van der Waals surface area contributed by atoms with Crippen molar-refractivity contribution in [3.05, 3.63) is 21.9 Å². The first-order valence-electron chi connectivity index (χ1n) is 5.46. The molecule has 0 N–H and O–H groups in total. The molecule has 0 aromatic carbocycles. The summed E-state index contributed by atoms with van der Waals surface area (Å²) in [6.07, 6.45) is 0.948. The standard InChI is InChI=1S/C12H15NO2S/c1-8-5-6-13(12(8)15)7-10-3-4-11(16-10)9(2)14/h3-4,8H,5-7H2,1-2H3. The third-order valence-corrected chi connectivity index (χ3v) is 4.09. The average molecular weight is 237 g/mol. The van der Waals surface area contributed by atoms with Crippen molar-refractivity contribution in [2.75, 3.05) is 6.54 Å². The molecule has 1 atom stereocenters. The number of ketones is 1. The third-order valence-electron chi connectivity index (χ3n) is 2.92. The van der Waals surface area contributed by atoms with Crippen LogP contribution in [-0.4, -0.2) is 23.1 Å². The zero-order chi connectivity index (χ0) is 11.7. The van der Waals surface area contributed by atoms with Gasteiger partial charge in [0.2, 0.25) is 5.91 Å². The number of rotatable bonds is 3. The summed E-state index contributed by atoms with van der Waals surface area (Å²) in [5, 5.41) is 0. The molecule has 1 aromatic rings. The van der Waals surface area contributed by atoms with E-state index in [2.05, 4.69) is 0 Å². The molecule has 1 aromatic heterocycles. The molecule has 1 saturated heterocycles. The van der Waals surface area contributed by atoms with Gasteiger partial charge in [0.25, 0.3) is 0 Å². The van der Waals surface area contributed by atoms with E-state index in [9.17, 15) is 9.59 Å². The molecule has 4 heteroatoms. The lowest BCUT2D eigenvalue weighted by Crippen LogP contribution is -2.25. The van der Waals surface area contributed by atoms with Crippen molar-refractivity contribution in [2.45, 2.75) is 26.8 Å². The molecule has 0 bridgehead atoms. The fourth-order valence-electron chi connectivity index (χ4n) is 1.89. The number of likely N-dealkylation sites (tertiary alicyclic amines) is 1. The van der Waals surface area contributed by atoms with E-state index in [0.29, 0.717) is 6.54 Å². The van der Waals surface area contributed by atoms with Crippen molar-refractivity contribution >= 4 is 23.0 Å². The van der Waals surface area contributed by atoms with E-state index in [1.54, 1.807) is 6.92 Å². The average Bonchev–Trinajstić information content (AvgIpc) is 2.81. The Labute approximate surface area is 99.1 Å². The van der Waals surface area contributed by atoms with Crippen molar-refractivity contribution in [1.82, 2.24) is 4.90 Å².